The third kappa shape index (κ3) is 9.34. The molecule has 0 amide bonds. The number of carbonyl (C=O) groups is 1. The van der Waals surface area contributed by atoms with E-state index in [1.54, 1.807) is 0 Å². The van der Waals surface area contributed by atoms with E-state index in [0.29, 0.717) is 19.4 Å². The standard InChI is InChI=1S/C31H49N5O4/c1-7-10-24(14-17-37)34-28-26(22(3)33-30(32)35-28)20-23-12-13-25(19-21(23)2)39-18-9-16-36-15-8-11-27(36)29(38)40-31(4,5)6/h12-13,19,24,27,37H,7-11,14-18,20H2,1-6H3,(H3,32,33,34,35)/t24-,27+/m0/s1. The van der Waals surface area contributed by atoms with Gasteiger partial charge in [-0.25, -0.2) is 4.98 Å². The van der Waals surface area contributed by atoms with Gasteiger partial charge in [-0.15, -0.1) is 0 Å². The van der Waals surface area contributed by atoms with Crippen molar-refractivity contribution in [1.29, 1.82) is 0 Å². The number of aliphatic hydroxyl groups excluding tert-OH is 1. The Kier molecular flexibility index (Phi) is 11.6. The van der Waals surface area contributed by atoms with Crippen LogP contribution >= 0.6 is 0 Å². The number of nitrogens with zero attached hydrogens (tertiary/aromatic N) is 3. The summed E-state index contributed by atoms with van der Waals surface area (Å²) in [4.78, 5) is 23.7. The normalized spacial score (nSPS) is 16.6. The lowest BCUT2D eigenvalue weighted by atomic mass is 9.99. The van der Waals surface area contributed by atoms with Crippen LogP contribution in [0, 0.1) is 13.8 Å². The first-order valence-corrected chi connectivity index (χ1v) is 14.7. The van der Waals surface area contributed by atoms with E-state index < -0.39 is 5.60 Å². The largest absolute Gasteiger partial charge is 0.494 e. The topological polar surface area (TPSA) is 123 Å². The molecule has 9 nitrogen and oxygen atoms in total. The van der Waals surface area contributed by atoms with Gasteiger partial charge in [0.05, 0.1) is 6.61 Å². The summed E-state index contributed by atoms with van der Waals surface area (Å²) in [5.41, 5.74) is 9.67. The van der Waals surface area contributed by atoms with Crippen molar-refractivity contribution in [3.8, 4) is 5.75 Å². The van der Waals surface area contributed by atoms with E-state index in [9.17, 15) is 9.90 Å². The Labute approximate surface area is 239 Å². The van der Waals surface area contributed by atoms with Crippen LogP contribution in [0.25, 0.3) is 0 Å². The summed E-state index contributed by atoms with van der Waals surface area (Å²) < 4.78 is 11.7. The van der Waals surface area contributed by atoms with Crippen molar-refractivity contribution >= 4 is 17.7 Å². The molecule has 1 fully saturated rings. The van der Waals surface area contributed by atoms with Crippen molar-refractivity contribution in [2.45, 2.75) is 104 Å². The molecule has 2 heterocycles. The number of anilines is 2. The molecule has 0 spiro atoms. The van der Waals surface area contributed by atoms with Crippen molar-refractivity contribution < 1.29 is 19.4 Å². The number of carbonyl (C=O) groups excluding carboxylic acids is 1. The molecule has 0 bridgehead atoms. The lowest BCUT2D eigenvalue weighted by molar-refractivity contribution is -0.160. The molecule has 2 atom stereocenters. The summed E-state index contributed by atoms with van der Waals surface area (Å²) >= 11 is 0. The van der Waals surface area contributed by atoms with E-state index in [4.69, 9.17) is 15.2 Å². The van der Waals surface area contributed by atoms with E-state index in [0.717, 1.165) is 73.6 Å². The number of nitrogens with two attached hydrogens (primary N) is 1. The molecule has 222 valence electrons. The molecule has 9 heteroatoms. The zero-order chi connectivity index (χ0) is 29.3. The maximum absolute atomic E-state index is 12.6. The fourth-order valence-electron chi connectivity index (χ4n) is 5.27. The Hall–Kier alpha value is -2.91. The smallest absolute Gasteiger partial charge is 0.323 e. The number of aliphatic hydroxyl groups is 1. The second-order valence-corrected chi connectivity index (χ2v) is 11.8. The van der Waals surface area contributed by atoms with Gasteiger partial charge in [0.1, 0.15) is 23.2 Å². The number of nitrogen functional groups attached to an aromatic ring is 1. The highest BCUT2D eigenvalue weighted by atomic mass is 16.6. The number of rotatable bonds is 14. The second-order valence-electron chi connectivity index (χ2n) is 11.8. The average Bonchev–Trinajstić information content (AvgIpc) is 3.33. The maximum atomic E-state index is 12.6. The predicted molar refractivity (Wildman–Crippen MR) is 160 cm³/mol. The summed E-state index contributed by atoms with van der Waals surface area (Å²) in [6.45, 7) is 14.3. The van der Waals surface area contributed by atoms with Crippen molar-refractivity contribution in [1.82, 2.24) is 14.9 Å². The fourth-order valence-corrected chi connectivity index (χ4v) is 5.27. The number of ether oxygens (including phenoxy) is 2. The lowest BCUT2D eigenvalue weighted by Gasteiger charge is -2.27. The van der Waals surface area contributed by atoms with Gasteiger partial charge in [0, 0.05) is 36.9 Å². The van der Waals surface area contributed by atoms with E-state index in [-0.39, 0.29) is 30.6 Å². The number of nitrogens with one attached hydrogen (secondary N) is 1. The van der Waals surface area contributed by atoms with Crippen molar-refractivity contribution in [2.75, 3.05) is 37.4 Å². The van der Waals surface area contributed by atoms with E-state index in [2.05, 4.69) is 46.2 Å². The summed E-state index contributed by atoms with van der Waals surface area (Å²) in [6.07, 6.45) is 5.97. The van der Waals surface area contributed by atoms with Crippen LogP contribution in [-0.2, 0) is 16.0 Å². The molecular weight excluding hydrogens is 506 g/mol. The average molecular weight is 556 g/mol. The van der Waals surface area contributed by atoms with Crippen molar-refractivity contribution in [2.24, 2.45) is 0 Å². The molecule has 1 aromatic heterocycles. The van der Waals surface area contributed by atoms with Crippen LogP contribution in [0.1, 0.15) is 88.6 Å². The number of aromatic nitrogens is 2. The van der Waals surface area contributed by atoms with Gasteiger partial charge in [0.15, 0.2) is 0 Å². The van der Waals surface area contributed by atoms with Gasteiger partial charge < -0.3 is 25.6 Å². The van der Waals surface area contributed by atoms with Gasteiger partial charge in [-0.05, 0) is 96.5 Å². The summed E-state index contributed by atoms with van der Waals surface area (Å²) in [7, 11) is 0. The number of aryl methyl sites for hydroxylation is 2. The van der Waals surface area contributed by atoms with Crippen LogP contribution < -0.4 is 15.8 Å². The Morgan fingerprint density at radius 2 is 2.02 bits per heavy atom. The number of likely N-dealkylation sites (tertiary alicyclic amines) is 1. The fraction of sp³-hybridized carbons (Fsp3) is 0.645. The third-order valence-electron chi connectivity index (χ3n) is 7.27. The molecule has 1 saturated heterocycles. The van der Waals surface area contributed by atoms with E-state index in [1.807, 2.05) is 33.8 Å². The van der Waals surface area contributed by atoms with Gasteiger partial charge in [-0.2, -0.15) is 4.98 Å². The number of benzene rings is 1. The molecule has 2 aromatic rings. The van der Waals surface area contributed by atoms with E-state index >= 15 is 0 Å². The second kappa shape index (κ2) is 14.6. The zero-order valence-electron chi connectivity index (χ0n) is 25.3. The van der Waals surface area contributed by atoms with Gasteiger partial charge in [-0.1, -0.05) is 19.4 Å². The molecule has 0 saturated carbocycles. The molecule has 40 heavy (non-hydrogen) atoms. The van der Waals surface area contributed by atoms with Crippen molar-refractivity contribution in [3.63, 3.8) is 0 Å². The first-order chi connectivity index (χ1) is 19.0. The van der Waals surface area contributed by atoms with Gasteiger partial charge >= 0.3 is 5.97 Å². The predicted octanol–water partition coefficient (Wildman–Crippen LogP) is 4.80. The van der Waals surface area contributed by atoms with Crippen LogP contribution in [-0.4, -0.2) is 69.9 Å². The zero-order valence-corrected chi connectivity index (χ0v) is 25.3. The molecule has 1 aromatic carbocycles. The Morgan fingerprint density at radius 3 is 2.70 bits per heavy atom. The van der Waals surface area contributed by atoms with Crippen LogP contribution in [0.4, 0.5) is 11.8 Å². The first-order valence-electron chi connectivity index (χ1n) is 14.7. The minimum absolute atomic E-state index is 0.119. The number of esters is 1. The Balaban J connectivity index is 1.59. The molecule has 0 unspecified atom stereocenters. The van der Waals surface area contributed by atoms with Gasteiger partial charge in [0.25, 0.3) is 0 Å². The van der Waals surface area contributed by atoms with Gasteiger partial charge in [0.2, 0.25) is 5.95 Å². The van der Waals surface area contributed by atoms with Gasteiger partial charge in [-0.3, -0.25) is 9.69 Å². The quantitative estimate of drug-likeness (QED) is 0.223. The summed E-state index contributed by atoms with van der Waals surface area (Å²) in [6, 6.07) is 6.15. The molecule has 0 aliphatic carbocycles. The minimum Gasteiger partial charge on any atom is -0.494 e. The monoisotopic (exact) mass is 555 g/mol. The van der Waals surface area contributed by atoms with Crippen LogP contribution in [0.15, 0.2) is 18.2 Å². The molecule has 1 aliphatic rings. The number of hydrogen-bond donors (Lipinski definition) is 3. The lowest BCUT2D eigenvalue weighted by Crippen LogP contribution is -2.41. The summed E-state index contributed by atoms with van der Waals surface area (Å²) in [5.74, 6) is 1.70. The summed E-state index contributed by atoms with van der Waals surface area (Å²) in [5, 5.41) is 13.0. The molecule has 0 radical (unpaired) electrons. The highest BCUT2D eigenvalue weighted by molar-refractivity contribution is 5.76. The molecule has 4 N–H and O–H groups in total. The first kappa shape index (κ1) is 31.6. The van der Waals surface area contributed by atoms with Crippen LogP contribution in [0.3, 0.4) is 0 Å². The van der Waals surface area contributed by atoms with E-state index in [1.165, 1.54) is 5.56 Å². The Morgan fingerprint density at radius 1 is 1.25 bits per heavy atom. The SMILES string of the molecule is CCC[C@@H](CCO)Nc1nc(N)nc(C)c1Cc1ccc(OCCCN2CCC[C@@H]2C(=O)OC(C)(C)C)cc1C. The van der Waals surface area contributed by atoms with Crippen LogP contribution in [0.5, 0.6) is 5.75 Å². The highest BCUT2D eigenvalue weighted by Gasteiger charge is 2.33. The van der Waals surface area contributed by atoms with Crippen LogP contribution in [0.2, 0.25) is 0 Å². The number of hydrogen-bond acceptors (Lipinski definition) is 9. The Bertz CT molecular complexity index is 1110. The molecule has 3 rings (SSSR count). The maximum Gasteiger partial charge on any atom is 0.323 e. The highest BCUT2D eigenvalue weighted by Crippen LogP contribution is 2.27. The molecular formula is C31H49N5O4. The van der Waals surface area contributed by atoms with Crippen molar-refractivity contribution in [3.05, 3.63) is 40.6 Å². The minimum atomic E-state index is -0.465. The third-order valence-corrected chi connectivity index (χ3v) is 7.27. The molecule has 1 aliphatic heterocycles.